The summed E-state index contributed by atoms with van der Waals surface area (Å²) in [5.41, 5.74) is 2.31. The van der Waals surface area contributed by atoms with E-state index in [2.05, 4.69) is 0 Å². The molecule has 0 aromatic heterocycles. The smallest absolute Gasteiger partial charge is 0.421 e. The van der Waals surface area contributed by atoms with E-state index in [0.29, 0.717) is 5.56 Å². The van der Waals surface area contributed by atoms with E-state index in [9.17, 15) is 27.3 Å². The minimum absolute atomic E-state index is 0.299. The first-order valence-electron chi connectivity index (χ1n) is 7.37. The highest BCUT2D eigenvalue weighted by molar-refractivity contribution is 7.92. The fourth-order valence-electron chi connectivity index (χ4n) is 2.13. The number of aliphatic hydroxyl groups is 1. The molecule has 0 fully saturated rings. The third-order valence-electron chi connectivity index (χ3n) is 3.87. The van der Waals surface area contributed by atoms with Crippen LogP contribution in [0.4, 0.5) is 13.2 Å². The molecule has 0 bridgehead atoms. The number of alkyl halides is 3. The van der Waals surface area contributed by atoms with E-state index in [1.807, 2.05) is 0 Å². The molecule has 0 saturated heterocycles. The topological polar surface area (TPSA) is 124 Å². The second-order valence-corrected chi connectivity index (χ2v) is 8.37. The molecule has 1 aromatic carbocycles. The van der Waals surface area contributed by atoms with Gasteiger partial charge in [-0.2, -0.15) is 13.2 Å². The van der Waals surface area contributed by atoms with Crippen LogP contribution in [0.5, 0.6) is 0 Å². The van der Waals surface area contributed by atoms with Gasteiger partial charge in [-0.3, -0.25) is 9.57 Å². The quantitative estimate of drug-likeness (QED) is 0.547. The number of aryl methyl sites for hydroxylation is 1. The lowest BCUT2D eigenvalue weighted by molar-refractivity contribution is -0.267. The summed E-state index contributed by atoms with van der Waals surface area (Å²) in [6, 6.07) is 3.75. The van der Waals surface area contributed by atoms with Gasteiger partial charge in [0, 0.05) is 27.7 Å². The first-order chi connectivity index (χ1) is 11.3. The molecule has 3 atom stereocenters. The Hall–Kier alpha value is -1.65. The summed E-state index contributed by atoms with van der Waals surface area (Å²) in [7, 11) is -3.52. The number of halogens is 3. The van der Waals surface area contributed by atoms with Crippen LogP contribution >= 0.6 is 0 Å². The fourth-order valence-corrected chi connectivity index (χ4v) is 3.60. The standard InChI is InChI=1S/C15H21F3N2O4S/c1-10-2-4-11(5-3-10)14(23,15(16,17)18)7-9-25(20,24)8-6-12(19)13(21)22/h2-5,12,20,23H,6-9,19H2,1H3,(H,21,22)/t12-,14?,25?/m0/s1. The SMILES string of the molecule is Cc1ccc(C(O)(CCS(=N)(=O)CC[C@H](N)C(=O)O)C(F)(F)F)cc1. The number of hydrogen-bond donors (Lipinski definition) is 4. The predicted octanol–water partition coefficient (Wildman–Crippen LogP) is 1.98. The Labute approximate surface area is 143 Å². The number of carboxylic acid groups (broad SMARTS) is 1. The van der Waals surface area contributed by atoms with E-state index >= 15 is 0 Å². The summed E-state index contributed by atoms with van der Waals surface area (Å²) in [5.74, 6) is -2.53. The van der Waals surface area contributed by atoms with Crippen LogP contribution in [0, 0.1) is 11.7 Å². The lowest BCUT2D eigenvalue weighted by Gasteiger charge is -2.31. The first-order valence-corrected chi connectivity index (χ1v) is 9.27. The van der Waals surface area contributed by atoms with Gasteiger partial charge in [-0.15, -0.1) is 0 Å². The lowest BCUT2D eigenvalue weighted by atomic mass is 9.90. The van der Waals surface area contributed by atoms with Crippen molar-refractivity contribution < 1.29 is 32.4 Å². The second kappa shape index (κ2) is 7.71. The van der Waals surface area contributed by atoms with Crippen LogP contribution in [0.25, 0.3) is 0 Å². The summed E-state index contributed by atoms with van der Waals surface area (Å²) in [6.07, 6.45) is -6.29. The van der Waals surface area contributed by atoms with Crippen molar-refractivity contribution in [2.24, 2.45) is 5.73 Å². The first kappa shape index (κ1) is 21.4. The van der Waals surface area contributed by atoms with Gasteiger partial charge >= 0.3 is 12.1 Å². The third-order valence-corrected chi connectivity index (χ3v) is 5.63. The molecule has 0 amide bonds. The summed E-state index contributed by atoms with van der Waals surface area (Å²) < 4.78 is 59.9. The van der Waals surface area contributed by atoms with Gasteiger partial charge in [-0.05, 0) is 18.9 Å². The van der Waals surface area contributed by atoms with E-state index in [1.54, 1.807) is 6.92 Å². The van der Waals surface area contributed by atoms with Crippen LogP contribution in [0.3, 0.4) is 0 Å². The van der Waals surface area contributed by atoms with Crippen molar-refractivity contribution >= 4 is 15.7 Å². The van der Waals surface area contributed by atoms with Gasteiger partial charge in [-0.25, -0.2) is 4.21 Å². The number of nitrogens with two attached hydrogens (primary N) is 1. The summed E-state index contributed by atoms with van der Waals surface area (Å²) >= 11 is 0. The molecule has 0 spiro atoms. The van der Waals surface area contributed by atoms with Crippen LogP contribution in [0.15, 0.2) is 24.3 Å². The molecule has 0 aliphatic rings. The molecule has 6 nitrogen and oxygen atoms in total. The van der Waals surface area contributed by atoms with E-state index in [-0.39, 0.29) is 6.42 Å². The summed E-state index contributed by atoms with van der Waals surface area (Å²) in [6.45, 7) is 1.68. The molecular weight excluding hydrogens is 361 g/mol. The van der Waals surface area contributed by atoms with Crippen molar-refractivity contribution in [3.05, 3.63) is 35.4 Å². The molecular formula is C15H21F3N2O4S. The minimum Gasteiger partial charge on any atom is -0.480 e. The number of hydrogen-bond acceptors (Lipinski definition) is 5. The van der Waals surface area contributed by atoms with Crippen molar-refractivity contribution in [1.82, 2.24) is 0 Å². The second-order valence-electron chi connectivity index (χ2n) is 5.93. The number of rotatable bonds is 8. The molecule has 0 heterocycles. The Morgan fingerprint density at radius 2 is 1.80 bits per heavy atom. The average Bonchev–Trinajstić information content (AvgIpc) is 2.50. The number of carboxylic acids is 1. The van der Waals surface area contributed by atoms with Gasteiger partial charge < -0.3 is 15.9 Å². The largest absolute Gasteiger partial charge is 0.480 e. The maximum absolute atomic E-state index is 13.4. The minimum atomic E-state index is -5.02. The van der Waals surface area contributed by atoms with Gasteiger partial charge in [0.1, 0.15) is 6.04 Å². The average molecular weight is 382 g/mol. The zero-order chi connectivity index (χ0) is 19.5. The fraction of sp³-hybridized carbons (Fsp3) is 0.533. The number of carbonyl (C=O) groups is 1. The summed E-state index contributed by atoms with van der Waals surface area (Å²) in [5, 5.41) is 18.8. The van der Waals surface area contributed by atoms with E-state index < -0.39 is 57.0 Å². The molecule has 2 unspecified atom stereocenters. The van der Waals surface area contributed by atoms with E-state index in [0.717, 1.165) is 12.1 Å². The van der Waals surface area contributed by atoms with Crippen molar-refractivity contribution in [2.75, 3.05) is 11.5 Å². The molecule has 0 radical (unpaired) electrons. The number of benzene rings is 1. The van der Waals surface area contributed by atoms with Gasteiger partial charge in [0.2, 0.25) is 0 Å². The van der Waals surface area contributed by atoms with Gasteiger partial charge in [-0.1, -0.05) is 29.8 Å². The Kier molecular flexibility index (Phi) is 6.60. The maximum atomic E-state index is 13.4. The highest BCUT2D eigenvalue weighted by Crippen LogP contribution is 2.42. The molecule has 1 rings (SSSR count). The third kappa shape index (κ3) is 5.68. The molecule has 25 heavy (non-hydrogen) atoms. The Morgan fingerprint density at radius 1 is 1.28 bits per heavy atom. The molecule has 1 aromatic rings. The van der Waals surface area contributed by atoms with Gasteiger partial charge in [0.15, 0.2) is 5.60 Å². The Balaban J connectivity index is 2.93. The summed E-state index contributed by atoms with van der Waals surface area (Å²) in [4.78, 5) is 10.6. The zero-order valence-corrected chi connectivity index (χ0v) is 14.4. The van der Waals surface area contributed by atoms with Crippen molar-refractivity contribution in [3.63, 3.8) is 0 Å². The molecule has 142 valence electrons. The molecule has 0 aliphatic carbocycles. The molecule has 5 N–H and O–H groups in total. The highest BCUT2D eigenvalue weighted by atomic mass is 32.2. The van der Waals surface area contributed by atoms with Gasteiger partial charge in [0.25, 0.3) is 0 Å². The van der Waals surface area contributed by atoms with Gasteiger partial charge in [0.05, 0.1) is 0 Å². The van der Waals surface area contributed by atoms with Crippen molar-refractivity contribution in [2.45, 2.75) is 37.6 Å². The van der Waals surface area contributed by atoms with Crippen molar-refractivity contribution in [3.8, 4) is 0 Å². The van der Waals surface area contributed by atoms with Crippen LogP contribution in [-0.2, 0) is 20.1 Å². The molecule has 0 saturated carbocycles. The maximum Gasteiger partial charge on any atom is 0.421 e. The zero-order valence-electron chi connectivity index (χ0n) is 13.5. The van der Waals surface area contributed by atoms with Crippen LogP contribution in [0.2, 0.25) is 0 Å². The number of nitrogens with one attached hydrogen (secondary N) is 1. The number of aliphatic carboxylic acids is 1. The Bertz CT molecular complexity index is 704. The van der Waals surface area contributed by atoms with Crippen LogP contribution in [0.1, 0.15) is 24.0 Å². The van der Waals surface area contributed by atoms with Crippen LogP contribution in [-0.4, -0.2) is 44.1 Å². The van der Waals surface area contributed by atoms with E-state index in [4.69, 9.17) is 15.6 Å². The Morgan fingerprint density at radius 3 is 2.24 bits per heavy atom. The monoisotopic (exact) mass is 382 g/mol. The predicted molar refractivity (Wildman–Crippen MR) is 86.6 cm³/mol. The normalized spacial score (nSPS) is 18.2. The van der Waals surface area contributed by atoms with Crippen LogP contribution < -0.4 is 5.73 Å². The highest BCUT2D eigenvalue weighted by Gasteiger charge is 2.54. The molecule has 0 aliphatic heterocycles. The van der Waals surface area contributed by atoms with Crippen molar-refractivity contribution in [1.29, 1.82) is 4.78 Å². The lowest BCUT2D eigenvalue weighted by Crippen LogP contribution is -2.44. The molecule has 10 heteroatoms. The van der Waals surface area contributed by atoms with E-state index in [1.165, 1.54) is 12.1 Å².